The molecule has 0 fully saturated rings. The Hall–Kier alpha value is -3.73. The predicted octanol–water partition coefficient (Wildman–Crippen LogP) is 8.73. The summed E-state index contributed by atoms with van der Waals surface area (Å²) >= 11 is 8.12. The summed E-state index contributed by atoms with van der Waals surface area (Å²) < 4.78 is 8.20. The van der Waals surface area contributed by atoms with E-state index in [-0.39, 0.29) is 5.28 Å². The largest absolute Gasteiger partial charge is 0.456 e. The Morgan fingerprint density at radius 2 is 1.42 bits per heavy atom. The minimum absolute atomic E-state index is 0.251. The number of fused-ring (bicyclic) bond motifs is 6. The fourth-order valence-electron chi connectivity index (χ4n) is 4.49. The van der Waals surface area contributed by atoms with Crippen molar-refractivity contribution in [3.8, 4) is 22.4 Å². The second-order valence-electron chi connectivity index (χ2n) is 8.01. The molecule has 0 atom stereocenters. The molecule has 0 radical (unpaired) electrons. The van der Waals surface area contributed by atoms with E-state index in [0.717, 1.165) is 48.8 Å². The number of rotatable bonds is 2. The number of nitrogens with zero attached hydrogens (tertiary/aromatic N) is 2. The lowest BCUT2D eigenvalue weighted by Gasteiger charge is -2.04. The van der Waals surface area contributed by atoms with Gasteiger partial charge in [0.05, 0.1) is 15.9 Å². The van der Waals surface area contributed by atoms with Crippen molar-refractivity contribution in [1.82, 2.24) is 9.97 Å². The van der Waals surface area contributed by atoms with Gasteiger partial charge in [-0.1, -0.05) is 60.7 Å². The Kier molecular flexibility index (Phi) is 4.07. The van der Waals surface area contributed by atoms with Gasteiger partial charge in [0.15, 0.2) is 0 Å². The average Bonchev–Trinajstić information content (AvgIpc) is 3.41. The Morgan fingerprint density at radius 1 is 0.636 bits per heavy atom. The van der Waals surface area contributed by atoms with Gasteiger partial charge in [0.1, 0.15) is 11.2 Å². The number of aromatic nitrogens is 2. The van der Waals surface area contributed by atoms with E-state index >= 15 is 0 Å². The van der Waals surface area contributed by atoms with Gasteiger partial charge in [-0.3, -0.25) is 0 Å². The lowest BCUT2D eigenvalue weighted by Crippen LogP contribution is -1.88. The van der Waals surface area contributed by atoms with Crippen molar-refractivity contribution in [2.75, 3.05) is 0 Å². The van der Waals surface area contributed by atoms with Gasteiger partial charge in [-0.25, -0.2) is 9.97 Å². The molecular weight excluding hydrogens is 448 g/mol. The molecule has 156 valence electrons. The third-order valence-corrected chi connectivity index (χ3v) is 7.36. The van der Waals surface area contributed by atoms with Crippen LogP contribution in [0.1, 0.15) is 0 Å². The highest BCUT2D eigenvalue weighted by Crippen LogP contribution is 2.41. The molecule has 0 aliphatic carbocycles. The lowest BCUT2D eigenvalue weighted by atomic mass is 10.0. The first-order chi connectivity index (χ1) is 16.2. The third kappa shape index (κ3) is 2.95. The molecule has 0 saturated heterocycles. The molecule has 3 nitrogen and oxygen atoms in total. The number of thiophene rings is 1. The predicted molar refractivity (Wildman–Crippen MR) is 138 cm³/mol. The summed E-state index contributed by atoms with van der Waals surface area (Å²) in [5.41, 5.74) is 6.85. The van der Waals surface area contributed by atoms with E-state index in [2.05, 4.69) is 64.6 Å². The normalized spacial score (nSPS) is 11.8. The van der Waals surface area contributed by atoms with Gasteiger partial charge in [0.25, 0.3) is 0 Å². The highest BCUT2D eigenvalue weighted by Gasteiger charge is 2.17. The fraction of sp³-hybridized carbons (Fsp3) is 0. The van der Waals surface area contributed by atoms with E-state index in [4.69, 9.17) is 16.0 Å². The smallest absolute Gasteiger partial charge is 0.223 e. The maximum Gasteiger partial charge on any atom is 0.223 e. The van der Waals surface area contributed by atoms with Gasteiger partial charge in [-0.15, -0.1) is 11.3 Å². The van der Waals surface area contributed by atoms with Gasteiger partial charge in [-0.05, 0) is 53.1 Å². The molecule has 3 aromatic heterocycles. The van der Waals surface area contributed by atoms with Crippen LogP contribution in [-0.2, 0) is 0 Å². The SMILES string of the molecule is Clc1nc(-c2ccc3oc4ccccc4c3c2)c2sc3cc(-c4ccccc4)ccc3c2n1. The first-order valence-electron chi connectivity index (χ1n) is 10.6. The topological polar surface area (TPSA) is 38.9 Å². The molecule has 0 spiro atoms. The van der Waals surface area contributed by atoms with Crippen LogP contribution in [-0.4, -0.2) is 9.97 Å². The maximum atomic E-state index is 6.41. The van der Waals surface area contributed by atoms with Crippen LogP contribution < -0.4 is 0 Å². The monoisotopic (exact) mass is 462 g/mol. The van der Waals surface area contributed by atoms with Crippen molar-refractivity contribution in [3.05, 3.63) is 96.3 Å². The molecule has 0 unspecified atom stereocenters. The molecule has 0 saturated carbocycles. The van der Waals surface area contributed by atoms with Crippen LogP contribution in [0.5, 0.6) is 0 Å². The van der Waals surface area contributed by atoms with Gasteiger partial charge in [0.2, 0.25) is 5.28 Å². The highest BCUT2D eigenvalue weighted by atomic mass is 35.5. The Bertz CT molecular complexity index is 1840. The molecule has 0 bridgehead atoms. The summed E-state index contributed by atoms with van der Waals surface area (Å²) in [5, 5.41) is 3.50. The van der Waals surface area contributed by atoms with Crippen molar-refractivity contribution in [1.29, 1.82) is 0 Å². The zero-order chi connectivity index (χ0) is 21.9. The molecule has 4 aromatic carbocycles. The van der Waals surface area contributed by atoms with Gasteiger partial charge >= 0.3 is 0 Å². The van der Waals surface area contributed by atoms with E-state index in [1.54, 1.807) is 11.3 Å². The molecule has 7 aromatic rings. The molecule has 33 heavy (non-hydrogen) atoms. The summed E-state index contributed by atoms with van der Waals surface area (Å²) in [6.45, 7) is 0. The molecular formula is C28H15ClN2OS. The zero-order valence-electron chi connectivity index (χ0n) is 17.2. The average molecular weight is 463 g/mol. The molecule has 3 heterocycles. The minimum Gasteiger partial charge on any atom is -0.456 e. The third-order valence-electron chi connectivity index (χ3n) is 6.04. The van der Waals surface area contributed by atoms with Crippen LogP contribution in [0.4, 0.5) is 0 Å². The van der Waals surface area contributed by atoms with E-state index < -0.39 is 0 Å². The van der Waals surface area contributed by atoms with E-state index in [0.29, 0.717) is 0 Å². The summed E-state index contributed by atoms with van der Waals surface area (Å²) in [6, 6.07) is 31.2. The number of hydrogen-bond donors (Lipinski definition) is 0. The summed E-state index contributed by atoms with van der Waals surface area (Å²) in [5.74, 6) is 0. The molecule has 0 aliphatic rings. The number of furan rings is 1. The van der Waals surface area contributed by atoms with E-state index in [9.17, 15) is 0 Å². The number of hydrogen-bond acceptors (Lipinski definition) is 4. The fourth-order valence-corrected chi connectivity index (χ4v) is 5.86. The Morgan fingerprint density at radius 3 is 2.33 bits per heavy atom. The van der Waals surface area contributed by atoms with Crippen molar-refractivity contribution in [2.45, 2.75) is 0 Å². The standard InChI is InChI=1S/C28H15ClN2OS/c29-28-30-25(18-11-13-23-21(14-18)19-8-4-5-9-22(19)32-23)27-26(31-28)20-12-10-17(15-24(20)33-27)16-6-2-1-3-7-16/h1-15H. The van der Waals surface area contributed by atoms with Crippen LogP contribution in [0.25, 0.3) is 64.6 Å². The second-order valence-corrected chi connectivity index (χ2v) is 9.40. The summed E-state index contributed by atoms with van der Waals surface area (Å²) in [7, 11) is 0. The maximum absolute atomic E-state index is 6.41. The van der Waals surface area contributed by atoms with Crippen LogP contribution in [0.15, 0.2) is 95.4 Å². The summed E-state index contributed by atoms with van der Waals surface area (Å²) in [4.78, 5) is 9.25. The van der Waals surface area contributed by atoms with E-state index in [1.807, 2.05) is 36.4 Å². The van der Waals surface area contributed by atoms with Crippen LogP contribution in [0, 0.1) is 0 Å². The van der Waals surface area contributed by atoms with Gasteiger partial charge in [-0.2, -0.15) is 0 Å². The molecule has 0 aliphatic heterocycles. The van der Waals surface area contributed by atoms with Crippen LogP contribution in [0.3, 0.4) is 0 Å². The first kappa shape index (κ1) is 18.8. The molecule has 0 amide bonds. The van der Waals surface area contributed by atoms with E-state index in [1.165, 1.54) is 15.8 Å². The van der Waals surface area contributed by atoms with Crippen LogP contribution in [0.2, 0.25) is 5.28 Å². The van der Waals surface area contributed by atoms with Crippen molar-refractivity contribution >= 4 is 65.2 Å². The van der Waals surface area contributed by atoms with Crippen molar-refractivity contribution < 1.29 is 4.42 Å². The number of halogens is 1. The van der Waals surface area contributed by atoms with Crippen molar-refractivity contribution in [3.63, 3.8) is 0 Å². The highest BCUT2D eigenvalue weighted by molar-refractivity contribution is 7.26. The molecule has 0 N–H and O–H groups in total. The zero-order valence-corrected chi connectivity index (χ0v) is 18.8. The van der Waals surface area contributed by atoms with Gasteiger partial charge in [0, 0.05) is 26.4 Å². The number of para-hydroxylation sites is 1. The minimum atomic E-state index is 0.251. The van der Waals surface area contributed by atoms with Gasteiger partial charge < -0.3 is 4.42 Å². The lowest BCUT2D eigenvalue weighted by molar-refractivity contribution is 0.669. The quantitative estimate of drug-likeness (QED) is 0.241. The van der Waals surface area contributed by atoms with Crippen molar-refractivity contribution in [2.24, 2.45) is 0 Å². The first-order valence-corrected chi connectivity index (χ1v) is 11.8. The molecule has 5 heteroatoms. The summed E-state index contributed by atoms with van der Waals surface area (Å²) in [6.07, 6.45) is 0. The second kappa shape index (κ2) is 7.14. The Labute approximate surface area is 197 Å². The molecule has 7 rings (SSSR count). The Balaban J connectivity index is 1.48. The number of benzene rings is 4. The van der Waals surface area contributed by atoms with Crippen LogP contribution >= 0.6 is 22.9 Å².